The molecule has 5 heteroatoms. The fourth-order valence-electron chi connectivity index (χ4n) is 3.43. The van der Waals surface area contributed by atoms with Crippen LogP contribution in [-0.4, -0.2) is 54.5 Å². The number of carbonyl (C=O) groups is 1. The minimum atomic E-state index is 0.122. The average Bonchev–Trinajstić information content (AvgIpc) is 2.70. The van der Waals surface area contributed by atoms with Crippen LogP contribution in [0.25, 0.3) is 0 Å². The van der Waals surface area contributed by atoms with E-state index in [0.29, 0.717) is 13.0 Å². The van der Waals surface area contributed by atoms with E-state index in [1.807, 2.05) is 49.1 Å². The molecule has 28 heavy (non-hydrogen) atoms. The SMILES string of the molecule is CC(C)Oc1ccccc1NCCC(=O)N1CCN(Cc2ccccc2)CC1. The first-order chi connectivity index (χ1) is 13.6. The average molecular weight is 382 g/mol. The zero-order valence-corrected chi connectivity index (χ0v) is 16.9. The van der Waals surface area contributed by atoms with Crippen molar-refractivity contribution in [1.29, 1.82) is 0 Å². The Morgan fingerprint density at radius 3 is 2.39 bits per heavy atom. The van der Waals surface area contributed by atoms with Crippen LogP contribution in [-0.2, 0) is 11.3 Å². The fraction of sp³-hybridized carbons (Fsp3) is 0.435. The van der Waals surface area contributed by atoms with Gasteiger partial charge in [-0.15, -0.1) is 0 Å². The third-order valence-corrected chi connectivity index (χ3v) is 4.88. The third kappa shape index (κ3) is 5.99. The van der Waals surface area contributed by atoms with Crippen LogP contribution >= 0.6 is 0 Å². The predicted octanol–water partition coefficient (Wildman–Crippen LogP) is 3.62. The summed E-state index contributed by atoms with van der Waals surface area (Å²) in [6, 6.07) is 18.4. The number of rotatable bonds is 8. The van der Waals surface area contributed by atoms with Gasteiger partial charge in [-0.25, -0.2) is 0 Å². The number of benzene rings is 2. The second-order valence-corrected chi connectivity index (χ2v) is 7.48. The van der Waals surface area contributed by atoms with Gasteiger partial charge in [0.25, 0.3) is 0 Å². The van der Waals surface area contributed by atoms with E-state index in [2.05, 4.69) is 34.5 Å². The molecule has 0 aliphatic carbocycles. The number of ether oxygens (including phenoxy) is 1. The lowest BCUT2D eigenvalue weighted by atomic mass is 10.2. The molecule has 1 saturated heterocycles. The Morgan fingerprint density at radius 2 is 1.68 bits per heavy atom. The zero-order valence-electron chi connectivity index (χ0n) is 16.9. The van der Waals surface area contributed by atoms with Gasteiger partial charge in [-0.05, 0) is 31.5 Å². The van der Waals surface area contributed by atoms with Crippen molar-refractivity contribution in [3.8, 4) is 5.75 Å². The molecule has 1 amide bonds. The molecule has 0 aromatic heterocycles. The number of piperazine rings is 1. The summed E-state index contributed by atoms with van der Waals surface area (Å²) in [7, 11) is 0. The van der Waals surface area contributed by atoms with Gasteiger partial charge in [0.1, 0.15) is 5.75 Å². The van der Waals surface area contributed by atoms with Crippen LogP contribution < -0.4 is 10.1 Å². The topological polar surface area (TPSA) is 44.8 Å². The number of hydrogen-bond acceptors (Lipinski definition) is 4. The first-order valence-corrected chi connectivity index (χ1v) is 10.2. The molecule has 0 unspecified atom stereocenters. The van der Waals surface area contributed by atoms with Gasteiger partial charge in [0.05, 0.1) is 11.8 Å². The maximum absolute atomic E-state index is 12.6. The lowest BCUT2D eigenvalue weighted by Gasteiger charge is -2.34. The smallest absolute Gasteiger partial charge is 0.224 e. The third-order valence-electron chi connectivity index (χ3n) is 4.88. The van der Waals surface area contributed by atoms with Gasteiger partial charge in [-0.1, -0.05) is 42.5 Å². The number of carbonyl (C=O) groups excluding carboxylic acids is 1. The standard InChI is InChI=1S/C23H31N3O2/c1-19(2)28-22-11-7-6-10-21(22)24-13-12-23(27)26-16-14-25(15-17-26)18-20-8-4-3-5-9-20/h3-11,19,24H,12-18H2,1-2H3. The summed E-state index contributed by atoms with van der Waals surface area (Å²) in [5, 5.41) is 3.35. The van der Waals surface area contributed by atoms with E-state index >= 15 is 0 Å². The molecule has 2 aromatic rings. The van der Waals surface area contributed by atoms with E-state index in [-0.39, 0.29) is 12.0 Å². The van der Waals surface area contributed by atoms with Crippen molar-refractivity contribution in [3.05, 3.63) is 60.2 Å². The fourth-order valence-corrected chi connectivity index (χ4v) is 3.43. The van der Waals surface area contributed by atoms with Gasteiger partial charge < -0.3 is 15.0 Å². The number of anilines is 1. The summed E-state index contributed by atoms with van der Waals surface area (Å²) >= 11 is 0. The number of nitrogens with one attached hydrogen (secondary N) is 1. The number of para-hydroxylation sites is 2. The first kappa shape index (κ1) is 20.2. The Balaban J connectivity index is 1.40. The van der Waals surface area contributed by atoms with Crippen molar-refractivity contribution in [2.45, 2.75) is 32.9 Å². The molecule has 1 aliphatic heterocycles. The quantitative estimate of drug-likeness (QED) is 0.759. The Kier molecular flexibility index (Phi) is 7.31. The Hall–Kier alpha value is -2.53. The highest BCUT2D eigenvalue weighted by atomic mass is 16.5. The van der Waals surface area contributed by atoms with E-state index in [0.717, 1.165) is 44.2 Å². The molecular formula is C23H31N3O2. The van der Waals surface area contributed by atoms with Gasteiger partial charge >= 0.3 is 0 Å². The molecular weight excluding hydrogens is 350 g/mol. The van der Waals surface area contributed by atoms with Crippen LogP contribution in [0.3, 0.4) is 0 Å². The minimum absolute atomic E-state index is 0.122. The van der Waals surface area contributed by atoms with E-state index in [1.54, 1.807) is 0 Å². The molecule has 5 nitrogen and oxygen atoms in total. The van der Waals surface area contributed by atoms with Crippen molar-refractivity contribution in [1.82, 2.24) is 9.80 Å². The molecule has 0 atom stereocenters. The van der Waals surface area contributed by atoms with Crippen molar-refractivity contribution < 1.29 is 9.53 Å². The van der Waals surface area contributed by atoms with Gasteiger partial charge in [-0.2, -0.15) is 0 Å². The normalized spacial score (nSPS) is 14.9. The molecule has 150 valence electrons. The first-order valence-electron chi connectivity index (χ1n) is 10.2. The predicted molar refractivity (Wildman–Crippen MR) is 114 cm³/mol. The molecule has 0 bridgehead atoms. The molecule has 0 radical (unpaired) electrons. The summed E-state index contributed by atoms with van der Waals surface area (Å²) < 4.78 is 5.82. The molecule has 1 aliphatic rings. The van der Waals surface area contributed by atoms with Crippen molar-refractivity contribution in [2.24, 2.45) is 0 Å². The molecule has 2 aromatic carbocycles. The van der Waals surface area contributed by atoms with E-state index < -0.39 is 0 Å². The van der Waals surface area contributed by atoms with Crippen LogP contribution in [0.2, 0.25) is 0 Å². The maximum atomic E-state index is 12.6. The van der Waals surface area contributed by atoms with E-state index in [4.69, 9.17) is 4.74 Å². The lowest BCUT2D eigenvalue weighted by molar-refractivity contribution is -0.132. The maximum Gasteiger partial charge on any atom is 0.224 e. The van der Waals surface area contributed by atoms with Crippen LogP contribution in [0.5, 0.6) is 5.75 Å². The number of hydrogen-bond donors (Lipinski definition) is 1. The molecule has 1 heterocycles. The van der Waals surface area contributed by atoms with Crippen LogP contribution in [0.1, 0.15) is 25.8 Å². The van der Waals surface area contributed by atoms with E-state index in [1.165, 1.54) is 5.56 Å². The summed E-state index contributed by atoms with van der Waals surface area (Å²) in [6.07, 6.45) is 0.617. The van der Waals surface area contributed by atoms with Gasteiger partial charge in [0, 0.05) is 45.7 Å². The van der Waals surface area contributed by atoms with Crippen molar-refractivity contribution in [2.75, 3.05) is 38.0 Å². The summed E-state index contributed by atoms with van der Waals surface area (Å²) in [5.74, 6) is 1.05. The van der Waals surface area contributed by atoms with Crippen molar-refractivity contribution >= 4 is 11.6 Å². The Labute approximate surface area is 168 Å². The largest absolute Gasteiger partial charge is 0.489 e. The highest BCUT2D eigenvalue weighted by Crippen LogP contribution is 2.24. The summed E-state index contributed by atoms with van der Waals surface area (Å²) in [6.45, 7) is 9.06. The second kappa shape index (κ2) is 10.1. The van der Waals surface area contributed by atoms with Crippen molar-refractivity contribution in [3.63, 3.8) is 0 Å². The number of amides is 1. The Bertz CT molecular complexity index is 741. The van der Waals surface area contributed by atoms with Crippen LogP contribution in [0.4, 0.5) is 5.69 Å². The van der Waals surface area contributed by atoms with Crippen LogP contribution in [0, 0.1) is 0 Å². The number of nitrogens with zero attached hydrogens (tertiary/aromatic N) is 2. The Morgan fingerprint density at radius 1 is 1.00 bits per heavy atom. The minimum Gasteiger partial charge on any atom is -0.489 e. The van der Waals surface area contributed by atoms with Crippen LogP contribution in [0.15, 0.2) is 54.6 Å². The van der Waals surface area contributed by atoms with E-state index in [9.17, 15) is 4.79 Å². The highest BCUT2D eigenvalue weighted by molar-refractivity contribution is 5.77. The van der Waals surface area contributed by atoms with Gasteiger partial charge in [0.15, 0.2) is 0 Å². The highest BCUT2D eigenvalue weighted by Gasteiger charge is 2.20. The molecule has 0 spiro atoms. The van der Waals surface area contributed by atoms with Gasteiger partial charge in [-0.3, -0.25) is 9.69 Å². The molecule has 1 N–H and O–H groups in total. The molecule has 3 rings (SSSR count). The van der Waals surface area contributed by atoms with Gasteiger partial charge in [0.2, 0.25) is 5.91 Å². The molecule has 1 fully saturated rings. The lowest BCUT2D eigenvalue weighted by Crippen LogP contribution is -2.48. The second-order valence-electron chi connectivity index (χ2n) is 7.48. The molecule has 0 saturated carbocycles. The zero-order chi connectivity index (χ0) is 19.8. The summed E-state index contributed by atoms with van der Waals surface area (Å²) in [4.78, 5) is 17.0. The summed E-state index contributed by atoms with van der Waals surface area (Å²) in [5.41, 5.74) is 2.27. The monoisotopic (exact) mass is 381 g/mol.